The number of ether oxygens (including phenoxy) is 18. The highest BCUT2D eigenvalue weighted by Crippen LogP contribution is 2.71. The normalized spacial score (nSPS) is 35.0. The van der Waals surface area contributed by atoms with E-state index in [2.05, 4.69) is 32.9 Å². The first kappa shape index (κ1) is 119. The molecule has 842 valence electrons. The van der Waals surface area contributed by atoms with Gasteiger partial charge >= 0.3 is 78.4 Å². The third-order valence-corrected chi connectivity index (χ3v) is 35.8. The lowest BCUT2D eigenvalue weighted by Crippen LogP contribution is -2.71. The highest BCUT2D eigenvalue weighted by atomic mass is 19.4. The van der Waals surface area contributed by atoms with Gasteiger partial charge in [-0.05, 0) is 258 Å². The van der Waals surface area contributed by atoms with Crippen molar-refractivity contribution < 1.29 is 207 Å². The van der Waals surface area contributed by atoms with E-state index in [1.165, 1.54) is 20.8 Å². The molecule has 0 spiro atoms. The van der Waals surface area contributed by atoms with E-state index in [4.69, 9.17) is 85.3 Å². The van der Waals surface area contributed by atoms with Crippen LogP contribution in [0.15, 0.2) is 60.8 Å². The highest BCUT2D eigenvalue weighted by Gasteiger charge is 2.86. The standard InChI is InChI=1S/C22H26F6O7.C22H34O7.C21H28F6O4.C20H28O7.C20H30O7/c1-9(2)16(29)33-15-13-11(10-12(32-13)14(15)34-17(10)30)19(7-5-6-8-19)35-18(3,4)20(31,21(23,24)25)22(26,27)28;1-9-21(10-2,29-20(7,8)19(5,6)25)22-11-13-14(27-17(23)12(3)4)15(16(22)26-13)28-18(22)24;1-11(2)16(28)31-15-13-5-12-6-14(15)9-18(7-12,8-13)17(3,4)30-10-19(29,20(22,23)24)21(25,26)27;1-11(2)16(21)26-13-12-9-20(15(25-12)14(13)27-17(20)22)19(7-5-6-8-19)24-10-18(3,4)23;1-10(2)15(21)25-12-11-9-20(14(24-11)13(12)26-16(20)22)19(7,8)27-18(5,6)17(3,4)23/h10-15,31H,1,5-8H2,2-4H3;13-16,25H,3,9-11H2,1-2,4-8H3;12-15,29H,1,5-10H2,2-4H3;12-15,23H,1,5-10H2,2-4H3;11-14,23H,1,9H2,2-8H3. The zero-order valence-corrected chi connectivity index (χ0v) is 88.7. The molecule has 23 unspecified atom stereocenters. The molecule has 0 aromatic carbocycles. The molecule has 12 aliphatic heterocycles. The molecule has 18 aliphatic rings. The van der Waals surface area contributed by atoms with Gasteiger partial charge in [-0.1, -0.05) is 72.4 Å². The first-order valence-corrected chi connectivity index (χ1v) is 50.9. The number of carbonyl (C=O) groups excluding carboxylic acids is 9. The molecule has 6 saturated carbocycles. The van der Waals surface area contributed by atoms with Crippen molar-refractivity contribution in [2.75, 3.05) is 13.2 Å². The fourth-order valence-corrected chi connectivity index (χ4v) is 26.7. The predicted octanol–water partition coefficient (Wildman–Crippen LogP) is 14.6. The van der Waals surface area contributed by atoms with Crippen molar-refractivity contribution in [1.29, 1.82) is 0 Å². The number of hydrogen-bond donors (Lipinski definition) is 5. The Morgan fingerprint density at radius 2 is 0.785 bits per heavy atom. The first-order valence-electron chi connectivity index (χ1n) is 50.9. The molecule has 18 rings (SSSR count). The van der Waals surface area contributed by atoms with E-state index in [1.54, 1.807) is 83.1 Å². The van der Waals surface area contributed by atoms with Gasteiger partial charge in [-0.2, -0.15) is 52.7 Å². The minimum atomic E-state index is -6.11. The minimum absolute atomic E-state index is 0.00900. The Morgan fingerprint density at radius 1 is 0.403 bits per heavy atom. The van der Waals surface area contributed by atoms with Crippen LogP contribution in [0.25, 0.3) is 0 Å². The molecule has 12 saturated heterocycles. The van der Waals surface area contributed by atoms with Gasteiger partial charge in [-0.3, -0.25) is 19.2 Å². The molecule has 0 aromatic heterocycles. The summed E-state index contributed by atoms with van der Waals surface area (Å²) in [5, 5.41) is 50.9. The van der Waals surface area contributed by atoms with Gasteiger partial charge in [0.25, 0.3) is 11.2 Å². The second-order valence-corrected chi connectivity index (χ2v) is 48.5. The van der Waals surface area contributed by atoms with Crippen molar-refractivity contribution in [2.24, 2.45) is 51.2 Å². The highest BCUT2D eigenvalue weighted by molar-refractivity contribution is 5.91. The van der Waals surface area contributed by atoms with Crippen molar-refractivity contribution in [2.45, 2.75) is 476 Å². The Hall–Kier alpha value is -7.47. The molecular weight excluding hydrogens is 2000 g/mol. The maximum absolute atomic E-state index is 13.7. The van der Waals surface area contributed by atoms with Gasteiger partial charge in [-0.15, -0.1) is 0 Å². The molecular formula is C105H146F12O32. The maximum atomic E-state index is 13.7. The fraction of sp³-hybridized carbons (Fsp3) is 0.819. The van der Waals surface area contributed by atoms with Crippen LogP contribution in [-0.2, 0) is 128 Å². The number of hydrogen-bond acceptors (Lipinski definition) is 32. The SMILES string of the molecule is C=C(C)C(=O)OC1C2CC3(C(C)(C)OC(C)(C)C(C)(C)O)C(=O)OC1C3O2.C=C(C)C(=O)OC1C2CC3(C(CC)(CC)OC(C)(C)C(C)(C)O)C(=O)OC1C3O2.C=C(C)C(=O)OC1C2CC3(C4(OCC(C)(C)O)CCCC4)C(=O)OC1C3O2.C=C(C)C(=O)OC1C2CC3CC1CC(C(C)(C)OCC(O)(C(F)(F)F)C(F)(F)F)(C3)C2.C=C(C)C(=O)OC1C2OC(=O)C3C2OC1C3C1(OC(C)(C)C(O)(C(F)(F)F)C(F)(F)F)CCCC1. The summed E-state index contributed by atoms with van der Waals surface area (Å²) < 4.78 is 265. The molecule has 5 N–H and O–H groups in total. The van der Waals surface area contributed by atoms with Gasteiger partial charge in [0.15, 0.2) is 48.8 Å². The second-order valence-electron chi connectivity index (χ2n) is 48.5. The second kappa shape index (κ2) is 39.1. The molecule has 0 radical (unpaired) electrons. The number of esters is 9. The summed E-state index contributed by atoms with van der Waals surface area (Å²) in [6.45, 7) is 52.7. The molecule has 12 heterocycles. The van der Waals surface area contributed by atoms with Gasteiger partial charge in [0, 0.05) is 33.8 Å². The smallest absolute Gasteiger partial charge is 0.429 e. The van der Waals surface area contributed by atoms with Crippen LogP contribution in [0, 0.1) is 51.2 Å². The monoisotopic (exact) mass is 2150 g/mol. The Kier molecular flexibility index (Phi) is 31.1. The average molecular weight is 2150 g/mol. The zero-order valence-electron chi connectivity index (χ0n) is 88.7. The van der Waals surface area contributed by atoms with Crippen LogP contribution in [0.2, 0.25) is 0 Å². The molecule has 149 heavy (non-hydrogen) atoms. The third-order valence-electron chi connectivity index (χ3n) is 35.8. The lowest BCUT2D eigenvalue weighted by Gasteiger charge is -2.63. The summed E-state index contributed by atoms with van der Waals surface area (Å²) in [5.74, 6) is -6.65. The lowest BCUT2D eigenvalue weighted by molar-refractivity contribution is -0.423. The topological polar surface area (TPSA) is 421 Å². The van der Waals surface area contributed by atoms with Crippen LogP contribution in [0.3, 0.4) is 0 Å². The number of halogens is 12. The van der Waals surface area contributed by atoms with Crippen molar-refractivity contribution in [1.82, 2.24) is 0 Å². The van der Waals surface area contributed by atoms with Gasteiger partial charge < -0.3 is 111 Å². The Labute approximate surface area is 858 Å². The van der Waals surface area contributed by atoms with Crippen LogP contribution in [0.5, 0.6) is 0 Å². The van der Waals surface area contributed by atoms with Crippen molar-refractivity contribution in [3.63, 3.8) is 0 Å². The van der Waals surface area contributed by atoms with E-state index < -0.39 is 277 Å². The molecule has 6 aliphatic carbocycles. The number of alkyl halides is 12. The minimum Gasteiger partial charge on any atom is -0.458 e. The maximum Gasteiger partial charge on any atom is 0.429 e. The summed E-state index contributed by atoms with van der Waals surface area (Å²) >= 11 is 0. The number of aliphatic hydroxyl groups is 5. The molecule has 0 amide bonds. The predicted molar refractivity (Wildman–Crippen MR) is 496 cm³/mol. The first-order chi connectivity index (χ1) is 67.8. The van der Waals surface area contributed by atoms with Crippen LogP contribution < -0.4 is 0 Å². The van der Waals surface area contributed by atoms with Crippen molar-refractivity contribution in [3.05, 3.63) is 60.8 Å². The number of carbonyl (C=O) groups is 9. The van der Waals surface area contributed by atoms with E-state index >= 15 is 0 Å². The molecule has 23 atom stereocenters. The van der Waals surface area contributed by atoms with Gasteiger partial charge in [0.2, 0.25) is 0 Å². The Bertz CT molecular complexity index is 5160. The van der Waals surface area contributed by atoms with E-state index in [0.717, 1.165) is 38.5 Å². The van der Waals surface area contributed by atoms with Crippen LogP contribution >= 0.6 is 0 Å². The molecule has 18 fully saturated rings. The van der Waals surface area contributed by atoms with Crippen molar-refractivity contribution in [3.8, 4) is 0 Å². The summed E-state index contributed by atoms with van der Waals surface area (Å²) in [6.07, 6.45) is -25.7. The molecule has 0 aromatic rings. The van der Waals surface area contributed by atoms with Crippen LogP contribution in [0.1, 0.15) is 275 Å². The summed E-state index contributed by atoms with van der Waals surface area (Å²) in [7, 11) is 0. The quantitative estimate of drug-likeness (QED) is 0.0181. The summed E-state index contributed by atoms with van der Waals surface area (Å²) in [6, 6.07) is 0. The number of rotatable bonds is 32. The largest absolute Gasteiger partial charge is 0.458 e. The van der Waals surface area contributed by atoms with E-state index in [0.29, 0.717) is 83.6 Å². The molecule has 44 heteroatoms. The van der Waals surface area contributed by atoms with Gasteiger partial charge in [0.05, 0.1) is 75.1 Å². The van der Waals surface area contributed by atoms with Gasteiger partial charge in [-0.25, -0.2) is 24.0 Å². The summed E-state index contributed by atoms with van der Waals surface area (Å²) in [4.78, 5) is 112. The van der Waals surface area contributed by atoms with Crippen LogP contribution in [0.4, 0.5) is 52.7 Å². The Morgan fingerprint density at radius 3 is 1.20 bits per heavy atom. The van der Waals surface area contributed by atoms with Crippen molar-refractivity contribution >= 4 is 53.7 Å². The van der Waals surface area contributed by atoms with E-state index in [1.807, 2.05) is 41.5 Å². The number of fused-ring (bicyclic) bond motifs is 4. The van der Waals surface area contributed by atoms with Crippen LogP contribution in [-0.4, -0.2) is 294 Å². The fourth-order valence-electron chi connectivity index (χ4n) is 26.7. The Balaban J connectivity index is 0.000000156. The third kappa shape index (κ3) is 19.5. The van der Waals surface area contributed by atoms with Gasteiger partial charge in [0.1, 0.15) is 76.8 Å². The van der Waals surface area contributed by atoms with E-state index in [-0.39, 0.29) is 77.5 Å². The molecule has 32 nitrogen and oxygen atoms in total. The zero-order chi connectivity index (χ0) is 112. The average Bonchev–Trinajstić information content (AvgIpc) is 1.51. The summed E-state index contributed by atoms with van der Waals surface area (Å²) in [5.41, 5.74) is -26.4. The molecule has 12 bridgehead atoms. The lowest BCUT2D eigenvalue weighted by atomic mass is 9.45. The van der Waals surface area contributed by atoms with E-state index in [9.17, 15) is 121 Å².